The molecule has 1 aliphatic rings. The summed E-state index contributed by atoms with van der Waals surface area (Å²) in [5, 5.41) is 9.71. The van der Waals surface area contributed by atoms with E-state index in [1.54, 1.807) is 0 Å². The number of hydrogen-bond acceptors (Lipinski definition) is 3. The van der Waals surface area contributed by atoms with Crippen LogP contribution in [0.2, 0.25) is 0 Å². The van der Waals surface area contributed by atoms with Gasteiger partial charge in [0.1, 0.15) is 5.69 Å². The minimum absolute atomic E-state index is 0.0337. The van der Waals surface area contributed by atoms with Crippen LogP contribution in [0.3, 0.4) is 0 Å². The van der Waals surface area contributed by atoms with Gasteiger partial charge in [-0.3, -0.25) is 14.5 Å². The zero-order valence-electron chi connectivity index (χ0n) is 13.0. The fraction of sp³-hybridized carbons (Fsp3) is 0.412. The molecule has 23 heavy (non-hydrogen) atoms. The second-order valence-corrected chi connectivity index (χ2v) is 5.90. The Morgan fingerprint density at radius 2 is 1.87 bits per heavy atom. The van der Waals surface area contributed by atoms with Crippen molar-refractivity contribution in [1.82, 2.24) is 14.8 Å². The fourth-order valence-corrected chi connectivity index (χ4v) is 2.99. The Morgan fingerprint density at radius 1 is 1.13 bits per heavy atom. The van der Waals surface area contributed by atoms with Crippen LogP contribution in [-0.4, -0.2) is 64.5 Å². The molecule has 1 saturated heterocycles. The van der Waals surface area contributed by atoms with Gasteiger partial charge in [0, 0.05) is 43.5 Å². The highest BCUT2D eigenvalue weighted by atomic mass is 16.4. The largest absolute Gasteiger partial charge is 0.481 e. The molecule has 6 heteroatoms. The Balaban J connectivity index is 1.54. The number of aromatic nitrogens is 1. The number of benzene rings is 1. The van der Waals surface area contributed by atoms with Gasteiger partial charge in [-0.15, -0.1) is 0 Å². The molecule has 0 unspecified atom stereocenters. The van der Waals surface area contributed by atoms with E-state index in [0.29, 0.717) is 25.2 Å². The van der Waals surface area contributed by atoms with Crippen molar-refractivity contribution in [1.29, 1.82) is 0 Å². The van der Waals surface area contributed by atoms with Gasteiger partial charge >= 0.3 is 5.97 Å². The number of carboxylic acids is 1. The Bertz CT molecular complexity index is 669. The number of para-hydroxylation sites is 1. The molecule has 0 radical (unpaired) electrons. The van der Waals surface area contributed by atoms with Gasteiger partial charge in [0.25, 0.3) is 5.91 Å². The monoisotopic (exact) mass is 315 g/mol. The van der Waals surface area contributed by atoms with Crippen molar-refractivity contribution in [3.05, 3.63) is 36.0 Å². The Kier molecular flexibility index (Phi) is 4.62. The molecule has 1 amide bonds. The molecule has 0 atom stereocenters. The molecule has 0 bridgehead atoms. The molecule has 1 aliphatic heterocycles. The number of hydrogen-bond donors (Lipinski definition) is 2. The molecular formula is C17H21N3O3. The normalized spacial score (nSPS) is 15.9. The first kappa shape index (κ1) is 15.6. The summed E-state index contributed by atoms with van der Waals surface area (Å²) in [6, 6.07) is 9.76. The van der Waals surface area contributed by atoms with E-state index in [4.69, 9.17) is 5.11 Å². The van der Waals surface area contributed by atoms with Gasteiger partial charge in [-0.25, -0.2) is 0 Å². The third-order valence-electron chi connectivity index (χ3n) is 4.28. The maximum atomic E-state index is 12.6. The van der Waals surface area contributed by atoms with Crippen molar-refractivity contribution < 1.29 is 14.7 Å². The van der Waals surface area contributed by atoms with Gasteiger partial charge < -0.3 is 15.0 Å². The second-order valence-electron chi connectivity index (χ2n) is 5.90. The van der Waals surface area contributed by atoms with Gasteiger partial charge in [0.2, 0.25) is 0 Å². The number of piperazine rings is 1. The maximum absolute atomic E-state index is 12.6. The molecule has 6 nitrogen and oxygen atoms in total. The van der Waals surface area contributed by atoms with Crippen molar-refractivity contribution in [3.63, 3.8) is 0 Å². The van der Waals surface area contributed by atoms with Gasteiger partial charge in [0.05, 0.1) is 0 Å². The first-order valence-corrected chi connectivity index (χ1v) is 7.94. The number of amides is 1. The van der Waals surface area contributed by atoms with E-state index in [1.165, 1.54) is 0 Å². The fourth-order valence-electron chi connectivity index (χ4n) is 2.99. The molecule has 3 rings (SSSR count). The summed E-state index contributed by atoms with van der Waals surface area (Å²) in [6.45, 7) is 3.74. The molecule has 2 N–H and O–H groups in total. The number of nitrogens with one attached hydrogen (secondary N) is 1. The molecule has 0 saturated carbocycles. The highest BCUT2D eigenvalue weighted by molar-refractivity contribution is 5.98. The van der Waals surface area contributed by atoms with E-state index in [-0.39, 0.29) is 12.3 Å². The molecule has 0 spiro atoms. The van der Waals surface area contributed by atoms with Crippen molar-refractivity contribution in [2.45, 2.75) is 12.8 Å². The molecule has 0 aliphatic carbocycles. The minimum atomic E-state index is -0.752. The number of H-pyrrole nitrogens is 1. The molecule has 2 heterocycles. The summed E-state index contributed by atoms with van der Waals surface area (Å²) in [5.74, 6) is -0.719. The number of carbonyl (C=O) groups is 2. The summed E-state index contributed by atoms with van der Waals surface area (Å²) in [5.41, 5.74) is 1.61. The van der Waals surface area contributed by atoms with E-state index < -0.39 is 5.97 Å². The van der Waals surface area contributed by atoms with Crippen LogP contribution in [0.15, 0.2) is 30.3 Å². The Labute approximate surface area is 134 Å². The molecular weight excluding hydrogens is 294 g/mol. The van der Waals surface area contributed by atoms with Crippen LogP contribution in [0.1, 0.15) is 23.3 Å². The molecule has 2 aromatic rings. The molecule has 122 valence electrons. The van der Waals surface area contributed by atoms with Crippen LogP contribution >= 0.6 is 0 Å². The van der Waals surface area contributed by atoms with Crippen LogP contribution in [0.25, 0.3) is 10.9 Å². The number of aromatic amines is 1. The number of rotatable bonds is 5. The van der Waals surface area contributed by atoms with E-state index in [9.17, 15) is 9.59 Å². The van der Waals surface area contributed by atoms with Crippen LogP contribution in [0.5, 0.6) is 0 Å². The van der Waals surface area contributed by atoms with Crippen molar-refractivity contribution in [2.75, 3.05) is 32.7 Å². The average Bonchev–Trinajstić information content (AvgIpc) is 2.98. The van der Waals surface area contributed by atoms with Crippen molar-refractivity contribution in [3.8, 4) is 0 Å². The van der Waals surface area contributed by atoms with Gasteiger partial charge in [-0.1, -0.05) is 18.2 Å². The van der Waals surface area contributed by atoms with Crippen LogP contribution < -0.4 is 0 Å². The minimum Gasteiger partial charge on any atom is -0.481 e. The van der Waals surface area contributed by atoms with Crippen LogP contribution in [-0.2, 0) is 4.79 Å². The third-order valence-corrected chi connectivity index (χ3v) is 4.28. The van der Waals surface area contributed by atoms with E-state index in [0.717, 1.165) is 30.5 Å². The highest BCUT2D eigenvalue weighted by Crippen LogP contribution is 2.17. The maximum Gasteiger partial charge on any atom is 0.303 e. The lowest BCUT2D eigenvalue weighted by Crippen LogP contribution is -2.48. The summed E-state index contributed by atoms with van der Waals surface area (Å²) in [6.07, 6.45) is 0.861. The Hall–Kier alpha value is -2.34. The first-order valence-electron chi connectivity index (χ1n) is 7.94. The molecule has 1 aromatic carbocycles. The lowest BCUT2D eigenvalue weighted by Gasteiger charge is -2.34. The lowest BCUT2D eigenvalue weighted by atomic mass is 10.2. The lowest BCUT2D eigenvalue weighted by molar-refractivity contribution is -0.137. The number of aliphatic carboxylic acids is 1. The van der Waals surface area contributed by atoms with Gasteiger partial charge in [0.15, 0.2) is 0 Å². The topological polar surface area (TPSA) is 76.6 Å². The van der Waals surface area contributed by atoms with Crippen LogP contribution in [0, 0.1) is 0 Å². The van der Waals surface area contributed by atoms with Crippen LogP contribution in [0.4, 0.5) is 0 Å². The van der Waals surface area contributed by atoms with Crippen molar-refractivity contribution in [2.24, 2.45) is 0 Å². The third kappa shape index (κ3) is 3.71. The zero-order chi connectivity index (χ0) is 16.2. The number of nitrogens with zero attached hydrogens (tertiary/aromatic N) is 2. The predicted molar refractivity (Wildman–Crippen MR) is 87.5 cm³/mol. The van der Waals surface area contributed by atoms with E-state index in [1.807, 2.05) is 35.2 Å². The SMILES string of the molecule is O=C(O)CCCN1CCN(C(=O)c2cc3ccccc3[nH]2)CC1. The first-order chi connectivity index (χ1) is 11.1. The van der Waals surface area contributed by atoms with Gasteiger partial charge in [-0.05, 0) is 25.1 Å². The zero-order valence-corrected chi connectivity index (χ0v) is 13.0. The standard InChI is InChI=1S/C17H21N3O3/c21-16(22)6-3-7-19-8-10-20(11-9-19)17(23)15-12-13-4-1-2-5-14(13)18-15/h1-2,4-5,12,18H,3,6-11H2,(H,21,22). The number of carbonyl (C=O) groups excluding carboxylic acids is 1. The summed E-state index contributed by atoms with van der Waals surface area (Å²) >= 11 is 0. The summed E-state index contributed by atoms with van der Waals surface area (Å²) < 4.78 is 0. The van der Waals surface area contributed by atoms with Crippen molar-refractivity contribution >= 4 is 22.8 Å². The average molecular weight is 315 g/mol. The molecule has 1 fully saturated rings. The quantitative estimate of drug-likeness (QED) is 0.882. The number of fused-ring (bicyclic) bond motifs is 1. The van der Waals surface area contributed by atoms with E-state index >= 15 is 0 Å². The summed E-state index contributed by atoms with van der Waals surface area (Å²) in [4.78, 5) is 30.4. The predicted octanol–water partition coefficient (Wildman–Crippen LogP) is 1.79. The van der Waals surface area contributed by atoms with E-state index in [2.05, 4.69) is 9.88 Å². The second kappa shape index (κ2) is 6.83. The highest BCUT2D eigenvalue weighted by Gasteiger charge is 2.23. The number of carboxylic acid groups (broad SMARTS) is 1. The smallest absolute Gasteiger partial charge is 0.303 e. The van der Waals surface area contributed by atoms with Gasteiger partial charge in [-0.2, -0.15) is 0 Å². The summed E-state index contributed by atoms with van der Waals surface area (Å²) in [7, 11) is 0. The molecule has 1 aromatic heterocycles. The Morgan fingerprint density at radius 3 is 2.57 bits per heavy atom.